The van der Waals surface area contributed by atoms with Gasteiger partial charge < -0.3 is 5.11 Å². The van der Waals surface area contributed by atoms with Crippen LogP contribution in [0.5, 0.6) is 0 Å². The predicted octanol–water partition coefficient (Wildman–Crippen LogP) is 2.70. The van der Waals surface area contributed by atoms with Crippen LogP contribution in [0.25, 0.3) is 0 Å². The highest BCUT2D eigenvalue weighted by Gasteiger charge is 2.12. The zero-order chi connectivity index (χ0) is 12.9. The second-order valence-corrected chi connectivity index (χ2v) is 8.40. The highest BCUT2D eigenvalue weighted by Crippen LogP contribution is 2.24. The SMILES string of the molecule is OCCSCC(CS)SCC(CS)SCCS. The van der Waals surface area contributed by atoms with E-state index >= 15 is 0 Å². The molecule has 0 rings (SSSR count). The second kappa shape index (κ2) is 14.5. The number of aliphatic hydroxyl groups is 1. The van der Waals surface area contributed by atoms with Gasteiger partial charge in [0.05, 0.1) is 6.61 Å². The fourth-order valence-electron chi connectivity index (χ4n) is 1.05. The minimum atomic E-state index is 0.270. The van der Waals surface area contributed by atoms with E-state index in [4.69, 9.17) is 5.11 Å². The standard InChI is InChI=1S/C10H22OS6/c11-1-3-15-7-9(5-13)17-8-10(6-14)16-4-2-12/h9-14H,1-8H2. The van der Waals surface area contributed by atoms with E-state index in [-0.39, 0.29) is 6.61 Å². The summed E-state index contributed by atoms with van der Waals surface area (Å²) in [6, 6.07) is 0. The normalized spacial score (nSPS) is 14.8. The molecule has 0 fully saturated rings. The fraction of sp³-hybridized carbons (Fsp3) is 1.00. The first kappa shape index (κ1) is 19.1. The number of rotatable bonds is 12. The highest BCUT2D eigenvalue weighted by molar-refractivity contribution is 8.06. The van der Waals surface area contributed by atoms with Crippen molar-refractivity contribution in [2.75, 3.05) is 46.9 Å². The Morgan fingerprint density at radius 3 is 2.06 bits per heavy atom. The Morgan fingerprint density at radius 1 is 0.882 bits per heavy atom. The Labute approximate surface area is 135 Å². The molecular formula is C10H22OS6. The zero-order valence-electron chi connectivity index (χ0n) is 9.83. The lowest BCUT2D eigenvalue weighted by Gasteiger charge is -2.18. The van der Waals surface area contributed by atoms with Crippen LogP contribution in [0.2, 0.25) is 0 Å². The molecule has 0 radical (unpaired) electrons. The van der Waals surface area contributed by atoms with Crippen LogP contribution in [0.3, 0.4) is 0 Å². The van der Waals surface area contributed by atoms with Crippen molar-refractivity contribution in [1.82, 2.24) is 0 Å². The van der Waals surface area contributed by atoms with E-state index in [2.05, 4.69) is 37.9 Å². The van der Waals surface area contributed by atoms with Gasteiger partial charge in [-0.2, -0.15) is 73.2 Å². The summed E-state index contributed by atoms with van der Waals surface area (Å²) in [6.07, 6.45) is 0. The number of thiol groups is 3. The van der Waals surface area contributed by atoms with Gasteiger partial charge in [-0.3, -0.25) is 0 Å². The first-order valence-corrected chi connectivity index (χ1v) is 10.7. The smallest absolute Gasteiger partial charge is 0.0521 e. The van der Waals surface area contributed by atoms with E-state index in [0.29, 0.717) is 10.5 Å². The van der Waals surface area contributed by atoms with Crippen LogP contribution in [-0.2, 0) is 0 Å². The summed E-state index contributed by atoms with van der Waals surface area (Å²) in [6.45, 7) is 0.270. The summed E-state index contributed by atoms with van der Waals surface area (Å²) in [5.41, 5.74) is 0. The van der Waals surface area contributed by atoms with Gasteiger partial charge in [0, 0.05) is 45.0 Å². The molecule has 104 valence electrons. The van der Waals surface area contributed by atoms with Gasteiger partial charge in [0.15, 0.2) is 0 Å². The molecule has 0 amide bonds. The van der Waals surface area contributed by atoms with Crippen LogP contribution in [0.1, 0.15) is 0 Å². The maximum Gasteiger partial charge on any atom is 0.0521 e. The number of hydrogen-bond acceptors (Lipinski definition) is 7. The third kappa shape index (κ3) is 11.6. The number of aliphatic hydroxyl groups excluding tert-OH is 1. The van der Waals surface area contributed by atoms with Crippen molar-refractivity contribution >= 4 is 73.2 Å². The molecule has 2 unspecified atom stereocenters. The molecule has 0 aliphatic carbocycles. The van der Waals surface area contributed by atoms with Gasteiger partial charge in [0.2, 0.25) is 0 Å². The average molecular weight is 351 g/mol. The first-order chi connectivity index (χ1) is 8.28. The van der Waals surface area contributed by atoms with Gasteiger partial charge in [-0.25, -0.2) is 0 Å². The first-order valence-electron chi connectivity index (χ1n) is 5.52. The predicted molar refractivity (Wildman–Crippen MR) is 98.5 cm³/mol. The number of hydrogen-bond donors (Lipinski definition) is 4. The molecule has 1 nitrogen and oxygen atoms in total. The Morgan fingerprint density at radius 2 is 1.53 bits per heavy atom. The Balaban J connectivity index is 3.69. The molecule has 0 heterocycles. The molecule has 0 saturated heterocycles. The van der Waals surface area contributed by atoms with Crippen LogP contribution >= 0.6 is 73.2 Å². The summed E-state index contributed by atoms with van der Waals surface area (Å²) >= 11 is 18.7. The van der Waals surface area contributed by atoms with Crippen molar-refractivity contribution < 1.29 is 5.11 Å². The van der Waals surface area contributed by atoms with E-state index in [0.717, 1.165) is 40.3 Å². The van der Waals surface area contributed by atoms with Crippen molar-refractivity contribution in [2.45, 2.75) is 10.5 Å². The molecule has 0 aliphatic rings. The molecule has 0 aliphatic heterocycles. The molecule has 17 heavy (non-hydrogen) atoms. The van der Waals surface area contributed by atoms with Gasteiger partial charge in [-0.05, 0) is 5.75 Å². The van der Waals surface area contributed by atoms with Crippen LogP contribution in [0.4, 0.5) is 0 Å². The maximum atomic E-state index is 8.74. The van der Waals surface area contributed by atoms with E-state index in [1.165, 1.54) is 0 Å². The van der Waals surface area contributed by atoms with E-state index in [1.807, 2.05) is 23.5 Å². The van der Waals surface area contributed by atoms with Crippen molar-refractivity contribution in [2.24, 2.45) is 0 Å². The third-order valence-electron chi connectivity index (χ3n) is 1.91. The summed E-state index contributed by atoms with van der Waals surface area (Å²) in [5.74, 6) is 6.89. The topological polar surface area (TPSA) is 20.2 Å². The zero-order valence-corrected chi connectivity index (χ0v) is 15.0. The summed E-state index contributed by atoms with van der Waals surface area (Å²) < 4.78 is 0. The van der Waals surface area contributed by atoms with Gasteiger partial charge in [-0.15, -0.1) is 0 Å². The molecule has 2 atom stereocenters. The van der Waals surface area contributed by atoms with E-state index in [9.17, 15) is 0 Å². The van der Waals surface area contributed by atoms with Crippen LogP contribution in [0.15, 0.2) is 0 Å². The van der Waals surface area contributed by atoms with Crippen LogP contribution < -0.4 is 0 Å². The molecule has 1 N–H and O–H groups in total. The van der Waals surface area contributed by atoms with Gasteiger partial charge in [0.1, 0.15) is 0 Å². The largest absolute Gasteiger partial charge is 0.396 e. The molecule has 0 aromatic heterocycles. The lowest BCUT2D eigenvalue weighted by atomic mass is 10.5. The van der Waals surface area contributed by atoms with E-state index in [1.54, 1.807) is 11.8 Å². The van der Waals surface area contributed by atoms with Gasteiger partial charge >= 0.3 is 0 Å². The summed E-state index contributed by atoms with van der Waals surface area (Å²) in [7, 11) is 0. The summed E-state index contributed by atoms with van der Waals surface area (Å²) in [4.78, 5) is 0. The quantitative estimate of drug-likeness (QED) is 0.320. The second-order valence-electron chi connectivity index (χ2n) is 3.34. The molecule has 7 heteroatoms. The minimum Gasteiger partial charge on any atom is -0.396 e. The molecule has 0 saturated carbocycles. The molecule has 0 bridgehead atoms. The summed E-state index contributed by atoms with van der Waals surface area (Å²) in [5, 5.41) is 9.93. The maximum absolute atomic E-state index is 8.74. The van der Waals surface area contributed by atoms with Crippen molar-refractivity contribution in [3.05, 3.63) is 0 Å². The monoisotopic (exact) mass is 350 g/mol. The van der Waals surface area contributed by atoms with Crippen molar-refractivity contribution in [1.29, 1.82) is 0 Å². The fourth-order valence-corrected chi connectivity index (χ4v) is 5.83. The minimum absolute atomic E-state index is 0.270. The Bertz CT molecular complexity index is 160. The number of thioether (sulfide) groups is 3. The third-order valence-corrected chi connectivity index (χ3v) is 7.99. The molecular weight excluding hydrogens is 329 g/mol. The van der Waals surface area contributed by atoms with Crippen LogP contribution in [0, 0.1) is 0 Å². The van der Waals surface area contributed by atoms with E-state index < -0.39 is 0 Å². The van der Waals surface area contributed by atoms with Crippen LogP contribution in [-0.4, -0.2) is 62.5 Å². The molecule has 0 aromatic carbocycles. The highest BCUT2D eigenvalue weighted by atomic mass is 32.2. The Kier molecular flexibility index (Phi) is 16.2. The van der Waals surface area contributed by atoms with Crippen molar-refractivity contribution in [3.8, 4) is 0 Å². The van der Waals surface area contributed by atoms with Crippen molar-refractivity contribution in [3.63, 3.8) is 0 Å². The lowest BCUT2D eigenvalue weighted by molar-refractivity contribution is 0.322. The molecule has 0 spiro atoms. The van der Waals surface area contributed by atoms with Gasteiger partial charge in [0.25, 0.3) is 0 Å². The molecule has 0 aromatic rings. The average Bonchev–Trinajstić information content (AvgIpc) is 2.36. The van der Waals surface area contributed by atoms with Gasteiger partial charge in [-0.1, -0.05) is 0 Å². The lowest BCUT2D eigenvalue weighted by Crippen LogP contribution is -2.16. The Hall–Kier alpha value is 2.06.